The number of benzene rings is 1. The van der Waals surface area contributed by atoms with Gasteiger partial charge in [0.2, 0.25) is 5.78 Å². The molecule has 0 radical (unpaired) electrons. The number of rotatable bonds is 4. The summed E-state index contributed by atoms with van der Waals surface area (Å²) < 4.78 is 1.80. The van der Waals surface area contributed by atoms with E-state index in [9.17, 15) is 4.79 Å². The van der Waals surface area contributed by atoms with Crippen LogP contribution in [0.5, 0.6) is 0 Å². The van der Waals surface area contributed by atoms with Gasteiger partial charge in [0, 0.05) is 35.2 Å². The monoisotopic (exact) mass is 366 g/mol. The van der Waals surface area contributed by atoms with E-state index in [1.54, 1.807) is 34.9 Å². The summed E-state index contributed by atoms with van der Waals surface area (Å²) in [6.45, 7) is 0. The van der Waals surface area contributed by atoms with E-state index in [1.807, 2.05) is 36.4 Å². The Morgan fingerprint density at radius 3 is 2.80 bits per heavy atom. The van der Waals surface area contributed by atoms with Gasteiger partial charge in [0.1, 0.15) is 17.2 Å². The lowest BCUT2D eigenvalue weighted by Crippen LogP contribution is -2.00. The van der Waals surface area contributed by atoms with Crippen molar-refractivity contribution in [1.82, 2.24) is 19.5 Å². The van der Waals surface area contributed by atoms with Gasteiger partial charge in [-0.05, 0) is 29.8 Å². The number of aromatic nitrogens is 4. The number of hydrogen-bond acceptors (Lipinski definition) is 5. The van der Waals surface area contributed by atoms with Crippen molar-refractivity contribution in [3.05, 3.63) is 82.6 Å². The van der Waals surface area contributed by atoms with Gasteiger partial charge in [0.25, 0.3) is 0 Å². The summed E-state index contributed by atoms with van der Waals surface area (Å²) >= 11 is 7.48. The molecule has 0 bridgehead atoms. The topological polar surface area (TPSA) is 60.7 Å². The summed E-state index contributed by atoms with van der Waals surface area (Å²) in [7, 11) is 0. The Labute approximate surface area is 152 Å². The number of carbonyl (C=O) groups excluding carboxylic acids is 1. The van der Waals surface area contributed by atoms with Crippen LogP contribution in [0.2, 0.25) is 5.15 Å². The molecule has 0 aliphatic carbocycles. The van der Waals surface area contributed by atoms with Gasteiger partial charge in [-0.2, -0.15) is 0 Å². The highest BCUT2D eigenvalue weighted by Crippen LogP contribution is 2.27. The molecule has 0 spiro atoms. The van der Waals surface area contributed by atoms with Crippen molar-refractivity contribution in [2.24, 2.45) is 0 Å². The lowest BCUT2D eigenvalue weighted by molar-refractivity contribution is 0.103. The average molecular weight is 367 g/mol. The van der Waals surface area contributed by atoms with Crippen LogP contribution in [0.1, 0.15) is 15.5 Å². The van der Waals surface area contributed by atoms with Gasteiger partial charge in [0.05, 0.1) is 0 Å². The highest BCUT2D eigenvalue weighted by molar-refractivity contribution is 7.11. The third-order valence-electron chi connectivity index (χ3n) is 3.66. The van der Waals surface area contributed by atoms with Crippen molar-refractivity contribution in [3.63, 3.8) is 0 Å². The normalized spacial score (nSPS) is 10.8. The minimum absolute atomic E-state index is 0.180. The van der Waals surface area contributed by atoms with Gasteiger partial charge >= 0.3 is 0 Å². The summed E-state index contributed by atoms with van der Waals surface area (Å²) in [6.07, 6.45) is 6.58. The molecule has 7 heteroatoms. The fourth-order valence-electron chi connectivity index (χ4n) is 2.46. The predicted octanol–water partition coefficient (Wildman–Crippen LogP) is 4.28. The molecule has 3 aromatic heterocycles. The second kappa shape index (κ2) is 6.58. The third-order valence-corrected chi connectivity index (χ3v) is 4.73. The van der Waals surface area contributed by atoms with Gasteiger partial charge < -0.3 is 4.57 Å². The van der Waals surface area contributed by atoms with Crippen molar-refractivity contribution in [2.75, 3.05) is 0 Å². The average Bonchev–Trinajstić information content (AvgIpc) is 3.34. The molecule has 0 N–H and O–H groups in total. The second-order valence-electron chi connectivity index (χ2n) is 5.22. The number of nitrogens with zero attached hydrogens (tertiary/aromatic N) is 4. The first kappa shape index (κ1) is 15.7. The molecule has 0 aliphatic rings. The van der Waals surface area contributed by atoms with Crippen molar-refractivity contribution in [1.29, 1.82) is 0 Å². The molecule has 0 aliphatic heterocycles. The first-order chi connectivity index (χ1) is 12.2. The van der Waals surface area contributed by atoms with E-state index in [0.29, 0.717) is 15.9 Å². The Hall–Kier alpha value is -2.83. The highest BCUT2D eigenvalue weighted by atomic mass is 35.5. The Bertz CT molecular complexity index is 1040. The van der Waals surface area contributed by atoms with Crippen molar-refractivity contribution < 1.29 is 4.79 Å². The van der Waals surface area contributed by atoms with E-state index in [2.05, 4.69) is 15.0 Å². The zero-order valence-corrected chi connectivity index (χ0v) is 14.4. The number of halogens is 1. The molecule has 122 valence electrons. The van der Waals surface area contributed by atoms with E-state index in [1.165, 1.54) is 11.3 Å². The quantitative estimate of drug-likeness (QED) is 0.399. The summed E-state index contributed by atoms with van der Waals surface area (Å²) in [5.41, 5.74) is 3.03. The fourth-order valence-corrected chi connectivity index (χ4v) is 3.27. The van der Waals surface area contributed by atoms with Crippen LogP contribution in [0, 0.1) is 0 Å². The summed E-state index contributed by atoms with van der Waals surface area (Å²) in [6, 6.07) is 11.6. The highest BCUT2D eigenvalue weighted by Gasteiger charge is 2.15. The largest absolute Gasteiger partial charge is 0.306 e. The van der Waals surface area contributed by atoms with Crippen molar-refractivity contribution in [3.8, 4) is 16.8 Å². The Morgan fingerprint density at radius 1 is 1.08 bits per heavy atom. The Balaban J connectivity index is 1.69. The molecular weight excluding hydrogens is 356 g/mol. The van der Waals surface area contributed by atoms with Crippen LogP contribution in [0.15, 0.2) is 66.7 Å². The molecule has 0 atom stereocenters. The zero-order chi connectivity index (χ0) is 17.2. The molecule has 1 aromatic carbocycles. The molecule has 0 amide bonds. The van der Waals surface area contributed by atoms with Crippen molar-refractivity contribution >= 4 is 28.7 Å². The Morgan fingerprint density at radius 2 is 2.00 bits per heavy atom. The van der Waals surface area contributed by atoms with E-state index in [0.717, 1.165) is 16.8 Å². The van der Waals surface area contributed by atoms with Crippen LogP contribution in [-0.4, -0.2) is 25.3 Å². The van der Waals surface area contributed by atoms with E-state index in [4.69, 9.17) is 11.6 Å². The minimum Gasteiger partial charge on any atom is -0.306 e. The minimum atomic E-state index is -0.180. The summed E-state index contributed by atoms with van der Waals surface area (Å²) in [5, 5.41) is 2.65. The predicted molar refractivity (Wildman–Crippen MR) is 97.4 cm³/mol. The van der Waals surface area contributed by atoms with Crippen LogP contribution >= 0.6 is 22.9 Å². The molecule has 4 rings (SSSR count). The summed E-state index contributed by atoms with van der Waals surface area (Å²) in [4.78, 5) is 24.7. The SMILES string of the molecule is O=C(c1cn(-c2cccc(-c3cccnc3Cl)c2)cn1)c1nccs1. The van der Waals surface area contributed by atoms with Crippen LogP contribution < -0.4 is 0 Å². The maximum atomic E-state index is 12.3. The molecule has 3 heterocycles. The van der Waals surface area contributed by atoms with Gasteiger partial charge in [-0.3, -0.25) is 4.79 Å². The van der Waals surface area contributed by atoms with Gasteiger partial charge in [-0.15, -0.1) is 11.3 Å². The number of hydrogen-bond donors (Lipinski definition) is 0. The maximum Gasteiger partial charge on any atom is 0.241 e. The third kappa shape index (κ3) is 3.09. The maximum absolute atomic E-state index is 12.3. The van der Waals surface area contributed by atoms with Gasteiger partial charge in [0.15, 0.2) is 5.01 Å². The fraction of sp³-hybridized carbons (Fsp3) is 0. The van der Waals surface area contributed by atoms with E-state index < -0.39 is 0 Å². The molecule has 4 aromatic rings. The van der Waals surface area contributed by atoms with Crippen LogP contribution in [-0.2, 0) is 0 Å². The molecule has 0 saturated carbocycles. The first-order valence-electron chi connectivity index (χ1n) is 7.42. The molecule has 25 heavy (non-hydrogen) atoms. The molecule has 0 saturated heterocycles. The first-order valence-corrected chi connectivity index (χ1v) is 8.67. The van der Waals surface area contributed by atoms with E-state index in [-0.39, 0.29) is 5.78 Å². The molecule has 0 fully saturated rings. The lowest BCUT2D eigenvalue weighted by Gasteiger charge is -2.07. The number of carbonyl (C=O) groups is 1. The van der Waals surface area contributed by atoms with Gasteiger partial charge in [-0.25, -0.2) is 15.0 Å². The van der Waals surface area contributed by atoms with Crippen molar-refractivity contribution in [2.45, 2.75) is 0 Å². The smallest absolute Gasteiger partial charge is 0.241 e. The lowest BCUT2D eigenvalue weighted by atomic mass is 10.1. The molecule has 5 nitrogen and oxygen atoms in total. The summed E-state index contributed by atoms with van der Waals surface area (Å²) in [5.74, 6) is -0.180. The van der Waals surface area contributed by atoms with Crippen LogP contribution in [0.25, 0.3) is 16.8 Å². The standard InChI is InChI=1S/C18H11ClN4OS/c19-17-14(5-2-6-20-17)12-3-1-4-13(9-12)23-10-15(22-11-23)16(24)18-21-7-8-25-18/h1-11H. The zero-order valence-electron chi connectivity index (χ0n) is 12.8. The van der Waals surface area contributed by atoms with Crippen LogP contribution in [0.4, 0.5) is 0 Å². The number of pyridine rings is 1. The van der Waals surface area contributed by atoms with E-state index >= 15 is 0 Å². The van der Waals surface area contributed by atoms with Gasteiger partial charge in [-0.1, -0.05) is 23.7 Å². The number of imidazole rings is 1. The second-order valence-corrected chi connectivity index (χ2v) is 6.48. The number of ketones is 1. The van der Waals surface area contributed by atoms with Crippen LogP contribution in [0.3, 0.4) is 0 Å². The Kier molecular flexibility index (Phi) is 4.13. The number of thiazole rings is 1. The molecular formula is C18H11ClN4OS. The molecule has 0 unspecified atom stereocenters.